The smallest absolute Gasteiger partial charge is 0.308 e. The molecular formula is C22H16N4O4. The molecule has 0 amide bonds. The number of para-hydroxylation sites is 2. The molecule has 0 N–H and O–H groups in total. The van der Waals surface area contributed by atoms with Crippen LogP contribution in [-0.4, -0.2) is 31.7 Å². The van der Waals surface area contributed by atoms with Crippen molar-refractivity contribution in [1.82, 2.24) is 18.9 Å². The van der Waals surface area contributed by atoms with Gasteiger partial charge in [0.1, 0.15) is 11.2 Å². The van der Waals surface area contributed by atoms with E-state index >= 15 is 0 Å². The molecule has 3 aromatic heterocycles. The average molecular weight is 400 g/mol. The number of hydrogen-bond acceptors (Lipinski definition) is 6. The van der Waals surface area contributed by atoms with E-state index in [0.717, 1.165) is 22.5 Å². The first-order chi connectivity index (χ1) is 14.6. The molecule has 2 aromatic carbocycles. The van der Waals surface area contributed by atoms with Crippen molar-refractivity contribution in [3.05, 3.63) is 54.5 Å². The number of esters is 1. The second-order valence-electron chi connectivity index (χ2n) is 7.11. The van der Waals surface area contributed by atoms with Gasteiger partial charge in [-0.05, 0) is 31.2 Å². The molecule has 0 spiro atoms. The molecule has 0 bridgehead atoms. The van der Waals surface area contributed by atoms with Crippen LogP contribution in [0.3, 0.4) is 0 Å². The Kier molecular flexibility index (Phi) is 3.35. The number of aryl methyl sites for hydroxylation is 1. The fraction of sp³-hybridized carbons (Fsp3) is 0.136. The number of hydrogen-bond donors (Lipinski definition) is 0. The van der Waals surface area contributed by atoms with Crippen LogP contribution < -0.4 is 14.2 Å². The Hall–Kier alpha value is -4.07. The van der Waals surface area contributed by atoms with Gasteiger partial charge in [0.2, 0.25) is 6.79 Å². The molecule has 8 heteroatoms. The van der Waals surface area contributed by atoms with Gasteiger partial charge in [-0.1, -0.05) is 12.1 Å². The van der Waals surface area contributed by atoms with Gasteiger partial charge in [0, 0.05) is 13.0 Å². The van der Waals surface area contributed by atoms with Gasteiger partial charge in [-0.3, -0.25) is 13.8 Å². The number of imidazole rings is 1. The van der Waals surface area contributed by atoms with Gasteiger partial charge in [-0.25, -0.2) is 9.97 Å². The zero-order valence-electron chi connectivity index (χ0n) is 16.2. The largest absolute Gasteiger partial charge is 0.454 e. The van der Waals surface area contributed by atoms with E-state index in [1.165, 1.54) is 6.92 Å². The predicted octanol–water partition coefficient (Wildman–Crippen LogP) is 3.79. The van der Waals surface area contributed by atoms with Crippen LogP contribution in [0.15, 0.2) is 48.7 Å². The Morgan fingerprint density at radius 3 is 2.77 bits per heavy atom. The standard InChI is InChI=1S/C22H16N4O4/c1-12-23-21-20(22-24-15-5-3-4-6-16(15)26(12)22)19(30-13(2)27)10-25(21)14-7-8-17-18(9-14)29-11-28-17/h3-10H,11H2,1-2H3. The lowest BCUT2D eigenvalue weighted by Gasteiger charge is -2.07. The number of carbonyl (C=O) groups excluding carboxylic acids is 1. The highest BCUT2D eigenvalue weighted by Crippen LogP contribution is 2.38. The molecule has 4 heterocycles. The zero-order valence-corrected chi connectivity index (χ0v) is 16.2. The minimum atomic E-state index is -0.408. The van der Waals surface area contributed by atoms with Crippen LogP contribution in [0.1, 0.15) is 12.7 Å². The van der Waals surface area contributed by atoms with E-state index in [1.807, 2.05) is 58.4 Å². The van der Waals surface area contributed by atoms with E-state index in [2.05, 4.69) is 0 Å². The second kappa shape index (κ2) is 5.96. The number of rotatable bonds is 2. The maximum absolute atomic E-state index is 11.8. The van der Waals surface area contributed by atoms with Gasteiger partial charge in [-0.2, -0.15) is 0 Å². The second-order valence-corrected chi connectivity index (χ2v) is 7.11. The van der Waals surface area contributed by atoms with Gasteiger partial charge in [0.15, 0.2) is 28.5 Å². The van der Waals surface area contributed by atoms with Crippen molar-refractivity contribution < 1.29 is 19.0 Å². The molecular weight excluding hydrogens is 384 g/mol. The minimum absolute atomic E-state index is 0.197. The molecule has 0 atom stereocenters. The topological polar surface area (TPSA) is 79.9 Å². The number of aromatic nitrogens is 4. The Balaban J connectivity index is 1.71. The molecule has 0 radical (unpaired) electrons. The summed E-state index contributed by atoms with van der Waals surface area (Å²) in [5, 5.41) is 0.671. The summed E-state index contributed by atoms with van der Waals surface area (Å²) in [7, 11) is 0. The fourth-order valence-electron chi connectivity index (χ4n) is 3.98. The van der Waals surface area contributed by atoms with E-state index in [0.29, 0.717) is 33.9 Å². The molecule has 0 fully saturated rings. The van der Waals surface area contributed by atoms with Crippen molar-refractivity contribution in [3.8, 4) is 22.9 Å². The summed E-state index contributed by atoms with van der Waals surface area (Å²) < 4.78 is 20.4. The molecule has 0 saturated carbocycles. The van der Waals surface area contributed by atoms with Crippen molar-refractivity contribution in [2.45, 2.75) is 13.8 Å². The van der Waals surface area contributed by atoms with Gasteiger partial charge in [0.05, 0.1) is 22.9 Å². The van der Waals surface area contributed by atoms with Gasteiger partial charge < -0.3 is 14.2 Å². The first kappa shape index (κ1) is 16.8. The molecule has 30 heavy (non-hydrogen) atoms. The maximum atomic E-state index is 11.8. The number of fused-ring (bicyclic) bond motifs is 6. The maximum Gasteiger partial charge on any atom is 0.308 e. The minimum Gasteiger partial charge on any atom is -0.454 e. The summed E-state index contributed by atoms with van der Waals surface area (Å²) in [4.78, 5) is 21.5. The van der Waals surface area contributed by atoms with Crippen molar-refractivity contribution in [3.63, 3.8) is 0 Å². The normalized spacial score (nSPS) is 12.9. The average Bonchev–Trinajstić information content (AvgIpc) is 3.42. The Morgan fingerprint density at radius 2 is 1.90 bits per heavy atom. The predicted molar refractivity (Wildman–Crippen MR) is 109 cm³/mol. The van der Waals surface area contributed by atoms with E-state index < -0.39 is 5.97 Å². The monoisotopic (exact) mass is 400 g/mol. The molecule has 1 aliphatic heterocycles. The van der Waals surface area contributed by atoms with Crippen LogP contribution in [0.4, 0.5) is 0 Å². The third-order valence-corrected chi connectivity index (χ3v) is 5.21. The third kappa shape index (κ3) is 2.30. The first-order valence-corrected chi connectivity index (χ1v) is 9.47. The summed E-state index contributed by atoms with van der Waals surface area (Å²) in [6.07, 6.45) is 1.76. The summed E-state index contributed by atoms with van der Waals surface area (Å²) in [5.74, 6) is 2.13. The molecule has 0 aliphatic carbocycles. The van der Waals surface area contributed by atoms with Crippen molar-refractivity contribution in [2.75, 3.05) is 6.79 Å². The summed E-state index contributed by atoms with van der Waals surface area (Å²) >= 11 is 0. The number of ether oxygens (including phenoxy) is 3. The summed E-state index contributed by atoms with van der Waals surface area (Å²) in [5.41, 5.74) is 3.94. The van der Waals surface area contributed by atoms with E-state index in [-0.39, 0.29) is 6.79 Å². The van der Waals surface area contributed by atoms with Crippen LogP contribution in [0.5, 0.6) is 17.2 Å². The molecule has 6 rings (SSSR count). The van der Waals surface area contributed by atoms with Crippen LogP contribution in [0, 0.1) is 6.92 Å². The molecule has 0 saturated heterocycles. The van der Waals surface area contributed by atoms with Crippen LogP contribution >= 0.6 is 0 Å². The van der Waals surface area contributed by atoms with Gasteiger partial charge in [0.25, 0.3) is 0 Å². The molecule has 1 aliphatic rings. The van der Waals surface area contributed by atoms with Crippen molar-refractivity contribution in [2.24, 2.45) is 0 Å². The summed E-state index contributed by atoms with van der Waals surface area (Å²) in [6.45, 7) is 3.51. The molecule has 148 valence electrons. The Morgan fingerprint density at radius 1 is 1.07 bits per heavy atom. The SMILES string of the molecule is CC(=O)Oc1cn(-c2ccc3c(c2)OCO3)c2nc(C)n3c4ccccc4nc3c12. The van der Waals surface area contributed by atoms with Gasteiger partial charge >= 0.3 is 5.97 Å². The molecule has 8 nitrogen and oxygen atoms in total. The van der Waals surface area contributed by atoms with Crippen LogP contribution in [0.2, 0.25) is 0 Å². The third-order valence-electron chi connectivity index (χ3n) is 5.21. The lowest BCUT2D eigenvalue weighted by molar-refractivity contribution is -0.131. The number of benzene rings is 2. The Bertz CT molecular complexity index is 1500. The van der Waals surface area contributed by atoms with Crippen molar-refractivity contribution >= 4 is 33.7 Å². The summed E-state index contributed by atoms with van der Waals surface area (Å²) in [6, 6.07) is 13.5. The van der Waals surface area contributed by atoms with E-state index in [1.54, 1.807) is 6.20 Å². The van der Waals surface area contributed by atoms with Crippen LogP contribution in [-0.2, 0) is 4.79 Å². The van der Waals surface area contributed by atoms with E-state index in [4.69, 9.17) is 24.2 Å². The number of nitrogens with zero attached hydrogens (tertiary/aromatic N) is 4. The zero-order chi connectivity index (χ0) is 20.4. The quantitative estimate of drug-likeness (QED) is 0.420. The highest BCUT2D eigenvalue weighted by atomic mass is 16.7. The fourth-order valence-corrected chi connectivity index (χ4v) is 3.98. The Labute approximate surface area is 170 Å². The molecule has 0 unspecified atom stereocenters. The van der Waals surface area contributed by atoms with E-state index in [9.17, 15) is 4.79 Å². The highest BCUT2D eigenvalue weighted by Gasteiger charge is 2.22. The first-order valence-electron chi connectivity index (χ1n) is 9.47. The van der Waals surface area contributed by atoms with Crippen molar-refractivity contribution in [1.29, 1.82) is 0 Å². The van der Waals surface area contributed by atoms with Gasteiger partial charge in [-0.15, -0.1) is 0 Å². The number of carbonyl (C=O) groups is 1. The highest BCUT2D eigenvalue weighted by molar-refractivity contribution is 6.01. The molecule has 5 aromatic rings. The lowest BCUT2D eigenvalue weighted by atomic mass is 10.2. The van der Waals surface area contributed by atoms with Crippen LogP contribution in [0.25, 0.3) is 33.4 Å². The lowest BCUT2D eigenvalue weighted by Crippen LogP contribution is -2.02.